The molecule has 0 saturated heterocycles. The second-order valence-corrected chi connectivity index (χ2v) is 4.29. The van der Waals surface area contributed by atoms with Crippen LogP contribution in [0, 0.1) is 13.8 Å². The normalized spacial score (nSPS) is 10.6. The number of nitrogens with zero attached hydrogens (tertiary/aromatic N) is 2. The summed E-state index contributed by atoms with van der Waals surface area (Å²) in [5.41, 5.74) is 3.20. The lowest BCUT2D eigenvalue weighted by molar-refractivity contribution is 0.103. The van der Waals surface area contributed by atoms with Crippen LogP contribution < -0.4 is 0 Å². The van der Waals surface area contributed by atoms with Gasteiger partial charge in [-0.25, -0.2) is 0 Å². The van der Waals surface area contributed by atoms with Crippen LogP contribution in [0.1, 0.15) is 27.3 Å². The van der Waals surface area contributed by atoms with E-state index >= 15 is 0 Å². The summed E-state index contributed by atoms with van der Waals surface area (Å²) in [5, 5.41) is 8.02. The van der Waals surface area contributed by atoms with E-state index in [1.807, 2.05) is 37.7 Å². The molecule has 0 N–H and O–H groups in total. The number of hydrogen-bond donors (Lipinski definition) is 0. The first-order valence-corrected chi connectivity index (χ1v) is 5.62. The summed E-state index contributed by atoms with van der Waals surface area (Å²) < 4.78 is 1.74. The van der Waals surface area contributed by atoms with E-state index in [0.717, 1.165) is 22.5 Å². The third kappa shape index (κ3) is 1.61. The quantitative estimate of drug-likeness (QED) is 0.728. The minimum absolute atomic E-state index is 0.0688. The fourth-order valence-electron chi connectivity index (χ4n) is 1.64. The van der Waals surface area contributed by atoms with Crippen LogP contribution in [0.15, 0.2) is 16.8 Å². The predicted octanol–water partition coefficient (Wildman–Crippen LogP) is 2.33. The van der Waals surface area contributed by atoms with Crippen molar-refractivity contribution in [1.29, 1.82) is 0 Å². The Kier molecular flexibility index (Phi) is 2.44. The number of aromatic nitrogens is 2. The molecule has 15 heavy (non-hydrogen) atoms. The molecule has 0 fully saturated rings. The van der Waals surface area contributed by atoms with Gasteiger partial charge >= 0.3 is 0 Å². The molecule has 0 saturated carbocycles. The molecule has 0 aromatic carbocycles. The fraction of sp³-hybridized carbons (Fsp3) is 0.273. The van der Waals surface area contributed by atoms with E-state index in [2.05, 4.69) is 5.10 Å². The van der Waals surface area contributed by atoms with Gasteiger partial charge in [-0.3, -0.25) is 9.48 Å². The first-order chi connectivity index (χ1) is 7.11. The van der Waals surface area contributed by atoms with Gasteiger partial charge in [-0.2, -0.15) is 16.4 Å². The molecular formula is C11H12N2OS. The molecule has 0 aliphatic heterocycles. The van der Waals surface area contributed by atoms with Gasteiger partial charge in [0.25, 0.3) is 0 Å². The maximum absolute atomic E-state index is 12.1. The second kappa shape index (κ2) is 3.62. The Morgan fingerprint density at radius 2 is 2.20 bits per heavy atom. The molecule has 0 aliphatic carbocycles. The maximum atomic E-state index is 12.1. The molecule has 78 valence electrons. The average Bonchev–Trinajstić information content (AvgIpc) is 2.76. The van der Waals surface area contributed by atoms with E-state index in [1.165, 1.54) is 11.3 Å². The van der Waals surface area contributed by atoms with Crippen molar-refractivity contribution in [3.63, 3.8) is 0 Å². The van der Waals surface area contributed by atoms with Crippen molar-refractivity contribution in [3.8, 4) is 0 Å². The van der Waals surface area contributed by atoms with Gasteiger partial charge in [0.05, 0.1) is 11.3 Å². The Balaban J connectivity index is 2.51. The highest BCUT2D eigenvalue weighted by atomic mass is 32.1. The summed E-state index contributed by atoms with van der Waals surface area (Å²) in [7, 11) is 1.85. The topological polar surface area (TPSA) is 34.9 Å². The third-order valence-electron chi connectivity index (χ3n) is 2.52. The highest BCUT2D eigenvalue weighted by molar-refractivity contribution is 7.08. The van der Waals surface area contributed by atoms with Crippen molar-refractivity contribution < 1.29 is 4.79 Å². The maximum Gasteiger partial charge on any atom is 0.197 e. The highest BCUT2D eigenvalue weighted by Crippen LogP contribution is 2.18. The number of thiophene rings is 1. The number of hydrogen-bond acceptors (Lipinski definition) is 3. The summed E-state index contributed by atoms with van der Waals surface area (Å²) in [5.74, 6) is 0.0688. The first kappa shape index (κ1) is 10.1. The molecule has 0 atom stereocenters. The molecule has 2 heterocycles. The Labute approximate surface area is 92.4 Å². The van der Waals surface area contributed by atoms with Crippen LogP contribution in [0.2, 0.25) is 0 Å². The van der Waals surface area contributed by atoms with E-state index < -0.39 is 0 Å². The largest absolute Gasteiger partial charge is 0.288 e. The van der Waals surface area contributed by atoms with Gasteiger partial charge < -0.3 is 0 Å². The SMILES string of the molecule is Cc1nn(C)c(C)c1C(=O)c1ccsc1. The second-order valence-electron chi connectivity index (χ2n) is 3.51. The highest BCUT2D eigenvalue weighted by Gasteiger charge is 2.18. The third-order valence-corrected chi connectivity index (χ3v) is 3.20. The summed E-state index contributed by atoms with van der Waals surface area (Å²) in [6.07, 6.45) is 0. The minimum atomic E-state index is 0.0688. The molecule has 2 aromatic heterocycles. The van der Waals surface area contributed by atoms with Crippen LogP contribution >= 0.6 is 11.3 Å². The predicted molar refractivity (Wildman–Crippen MR) is 60.4 cm³/mol. The van der Waals surface area contributed by atoms with E-state index in [0.29, 0.717) is 0 Å². The summed E-state index contributed by atoms with van der Waals surface area (Å²) in [4.78, 5) is 12.1. The van der Waals surface area contributed by atoms with Gasteiger partial charge in [0.1, 0.15) is 0 Å². The molecule has 0 amide bonds. The van der Waals surface area contributed by atoms with E-state index in [-0.39, 0.29) is 5.78 Å². The molecule has 0 aliphatic rings. The van der Waals surface area contributed by atoms with E-state index in [9.17, 15) is 4.79 Å². The van der Waals surface area contributed by atoms with Crippen LogP contribution in [0.25, 0.3) is 0 Å². The number of aryl methyl sites for hydroxylation is 2. The fourth-order valence-corrected chi connectivity index (χ4v) is 2.28. The number of rotatable bonds is 2. The summed E-state index contributed by atoms with van der Waals surface area (Å²) in [6.45, 7) is 3.78. The van der Waals surface area contributed by atoms with Crippen LogP contribution in [0.4, 0.5) is 0 Å². The summed E-state index contributed by atoms with van der Waals surface area (Å²) >= 11 is 1.53. The molecule has 2 rings (SSSR count). The molecule has 4 heteroatoms. The van der Waals surface area contributed by atoms with Gasteiger partial charge in [-0.05, 0) is 25.3 Å². The Bertz CT molecular complexity index is 497. The van der Waals surface area contributed by atoms with Crippen molar-refractivity contribution in [1.82, 2.24) is 9.78 Å². The smallest absolute Gasteiger partial charge is 0.197 e. The van der Waals surface area contributed by atoms with Crippen molar-refractivity contribution in [2.24, 2.45) is 7.05 Å². The van der Waals surface area contributed by atoms with E-state index in [1.54, 1.807) is 4.68 Å². The number of carbonyl (C=O) groups is 1. The number of carbonyl (C=O) groups excluding carboxylic acids is 1. The zero-order valence-corrected chi connectivity index (χ0v) is 9.76. The van der Waals surface area contributed by atoms with Gasteiger partial charge in [0.2, 0.25) is 0 Å². The Morgan fingerprint density at radius 1 is 1.47 bits per heavy atom. The standard InChI is InChI=1S/C11H12N2OS/c1-7-10(8(2)13(3)12-7)11(14)9-4-5-15-6-9/h4-6H,1-3H3. The zero-order valence-electron chi connectivity index (χ0n) is 8.94. The van der Waals surface area contributed by atoms with E-state index in [4.69, 9.17) is 0 Å². The van der Waals surface area contributed by atoms with Gasteiger partial charge in [0.15, 0.2) is 5.78 Å². The molecule has 2 aromatic rings. The molecular weight excluding hydrogens is 208 g/mol. The lowest BCUT2D eigenvalue weighted by Gasteiger charge is -1.98. The molecule has 3 nitrogen and oxygen atoms in total. The van der Waals surface area contributed by atoms with Crippen molar-refractivity contribution in [2.75, 3.05) is 0 Å². The zero-order chi connectivity index (χ0) is 11.0. The molecule has 0 unspecified atom stereocenters. The lowest BCUT2D eigenvalue weighted by atomic mass is 10.0. The summed E-state index contributed by atoms with van der Waals surface area (Å²) in [6, 6.07) is 1.85. The van der Waals surface area contributed by atoms with Gasteiger partial charge in [-0.15, -0.1) is 0 Å². The van der Waals surface area contributed by atoms with Crippen LogP contribution in [0.5, 0.6) is 0 Å². The molecule has 0 radical (unpaired) electrons. The Hall–Kier alpha value is -1.42. The average molecular weight is 220 g/mol. The Morgan fingerprint density at radius 3 is 2.67 bits per heavy atom. The van der Waals surface area contributed by atoms with Crippen LogP contribution in [0.3, 0.4) is 0 Å². The number of ketones is 1. The monoisotopic (exact) mass is 220 g/mol. The van der Waals surface area contributed by atoms with Crippen molar-refractivity contribution >= 4 is 17.1 Å². The minimum Gasteiger partial charge on any atom is -0.288 e. The van der Waals surface area contributed by atoms with Crippen LogP contribution in [-0.2, 0) is 7.05 Å². The van der Waals surface area contributed by atoms with Crippen molar-refractivity contribution in [3.05, 3.63) is 39.3 Å². The molecule has 0 spiro atoms. The van der Waals surface area contributed by atoms with Crippen LogP contribution in [-0.4, -0.2) is 15.6 Å². The van der Waals surface area contributed by atoms with Gasteiger partial charge in [-0.1, -0.05) is 0 Å². The first-order valence-electron chi connectivity index (χ1n) is 4.68. The lowest BCUT2D eigenvalue weighted by Crippen LogP contribution is -2.03. The van der Waals surface area contributed by atoms with Gasteiger partial charge in [0, 0.05) is 23.7 Å². The van der Waals surface area contributed by atoms with Crippen molar-refractivity contribution in [2.45, 2.75) is 13.8 Å². The molecule has 0 bridgehead atoms.